The maximum atomic E-state index is 2.33. The third kappa shape index (κ3) is 6.45. The fraction of sp³-hybridized carbons (Fsp3) is 0.211. The number of hydrogen-bond acceptors (Lipinski definition) is 1. The van der Waals surface area contributed by atoms with Crippen LogP contribution in [0.25, 0.3) is 11.3 Å². The Morgan fingerprint density at radius 3 is 2.04 bits per heavy atom. The van der Waals surface area contributed by atoms with Crippen LogP contribution in [0, 0.1) is 10.7 Å². The summed E-state index contributed by atoms with van der Waals surface area (Å²) in [6.45, 7) is 3.11. The first-order valence-electron chi connectivity index (χ1n) is 7.76. The van der Waals surface area contributed by atoms with E-state index in [4.69, 9.17) is 0 Å². The first-order valence-corrected chi connectivity index (χ1v) is 10.8. The molecule has 0 aliphatic heterocycles. The average molecular weight is 740 g/mol. The second-order valence-electron chi connectivity index (χ2n) is 5.74. The second-order valence-corrected chi connectivity index (χ2v) is 10.9. The van der Waals surface area contributed by atoms with Gasteiger partial charge in [0.15, 0.2) is 0 Å². The van der Waals surface area contributed by atoms with E-state index < -0.39 is 0 Å². The summed E-state index contributed by atoms with van der Waals surface area (Å²) in [6.07, 6.45) is 2.15. The Hall–Kier alpha value is -0.242. The van der Waals surface area contributed by atoms with Gasteiger partial charge in [-0.2, -0.15) is 1.33 Å². The second kappa shape index (κ2) is 10.2. The van der Waals surface area contributed by atoms with E-state index in [2.05, 4.69) is 151 Å². The molecule has 0 saturated heterocycles. The summed E-state index contributed by atoms with van der Waals surface area (Å²) in [5.41, 5.74) is 5.19. The minimum absolute atomic E-state index is 1.00. The van der Waals surface area contributed by atoms with Crippen LogP contribution >= 0.6 is 45.7 Å². The molecule has 0 unspecified atom stereocenters. The van der Waals surface area contributed by atoms with Gasteiger partial charge in [0.2, 0.25) is 0 Å². The molecule has 136 valence electrons. The zero-order valence-corrected chi connectivity index (χ0v) is 21.0. The molecule has 0 aliphatic rings. The monoisotopic (exact) mass is 740 g/mol. The first-order chi connectivity index (χ1) is 11.9. The van der Waals surface area contributed by atoms with Crippen LogP contribution in [0.4, 0.5) is 0 Å². The maximum absolute atomic E-state index is 2.33. The van der Waals surface area contributed by atoms with Crippen molar-refractivity contribution in [2.45, 2.75) is 13.5 Å². The normalized spacial score (nSPS) is 10.6. The van der Waals surface area contributed by atoms with Crippen molar-refractivity contribution in [1.29, 1.82) is 0 Å². The number of aromatic nitrogens is 2. The molecule has 0 radical (unpaired) electrons. The van der Waals surface area contributed by atoms with Gasteiger partial charge in [0.25, 0.3) is 0 Å². The zero-order valence-electron chi connectivity index (χ0n) is 14.4. The van der Waals surface area contributed by atoms with Gasteiger partial charge in [0, 0.05) is 52.3 Å². The Kier molecular flexibility index (Phi) is 8.58. The molecule has 6 heteroatoms. The van der Waals surface area contributed by atoms with Crippen LogP contribution in [0.3, 0.4) is 0 Å². The van der Waals surface area contributed by atoms with Gasteiger partial charge in [0.05, 0.1) is 0 Å². The summed E-state index contributed by atoms with van der Waals surface area (Å²) in [4.78, 5) is 0. The molecule has 1 aromatic heterocycles. The van der Waals surface area contributed by atoms with Gasteiger partial charge >= 0.3 is 94.2 Å². The quantitative estimate of drug-likeness (QED) is 0.252. The molecular weight excluding hydrogens is 719 g/mol. The van der Waals surface area contributed by atoms with Crippen molar-refractivity contribution in [3.63, 3.8) is 0 Å². The predicted octanol–water partition coefficient (Wildman–Crippen LogP) is 5.61. The number of hydrogen-bond donors (Lipinski definition) is 0. The molecule has 25 heavy (non-hydrogen) atoms. The van der Waals surface area contributed by atoms with Crippen molar-refractivity contribution in [2.24, 2.45) is 14.1 Å². The van der Waals surface area contributed by atoms with Crippen molar-refractivity contribution < 1.29 is 19.4 Å². The summed E-state index contributed by atoms with van der Waals surface area (Å²) in [5.74, 6) is 0. The topological polar surface area (TPSA) is 13.1 Å². The van der Waals surface area contributed by atoms with Gasteiger partial charge in [-0.3, -0.25) is 0 Å². The Morgan fingerprint density at radius 2 is 1.56 bits per heavy atom. The molecular formula is C19H21I2N3Pt. The Morgan fingerprint density at radius 1 is 0.960 bits per heavy atom. The summed E-state index contributed by atoms with van der Waals surface area (Å²) in [5, 5.41) is 0. The minimum atomic E-state index is 1.00. The standard InChI is InChI=1S/C11H12N2.C8H9I2N.Pt/c1-12-8-11(13(2)9-12)10-6-4-3-5-7-10;1-7-2-4-8(5-3-7)6-11(9)10;/h3-8H,1-2H3;2-5H,6H2,1H3;. The van der Waals surface area contributed by atoms with E-state index in [1.54, 1.807) is 0 Å². The van der Waals surface area contributed by atoms with Crippen LogP contribution in [0.1, 0.15) is 11.1 Å². The first kappa shape index (κ1) is 21.1. The van der Waals surface area contributed by atoms with E-state index in [1.807, 2.05) is 6.07 Å². The van der Waals surface area contributed by atoms with E-state index in [-0.39, 0.29) is 0 Å². The van der Waals surface area contributed by atoms with E-state index in [9.17, 15) is 0 Å². The molecule has 0 saturated carbocycles. The van der Waals surface area contributed by atoms with Crippen LogP contribution in [0.5, 0.6) is 0 Å². The fourth-order valence-corrected chi connectivity index (χ4v) is 3.56. The number of imidazole rings is 1. The fourth-order valence-electron chi connectivity index (χ4n) is 2.36. The Balaban J connectivity index is 0.000000186. The molecule has 0 aliphatic carbocycles. The molecule has 3 nitrogen and oxygen atoms in total. The van der Waals surface area contributed by atoms with Crippen LogP contribution in [-0.2, 0) is 40.0 Å². The van der Waals surface area contributed by atoms with E-state index in [0.717, 1.165) is 6.54 Å². The Labute approximate surface area is 188 Å². The number of halogens is 2. The number of aryl methyl sites for hydroxylation is 2. The van der Waals surface area contributed by atoms with Gasteiger partial charge in [-0.15, -0.1) is 0 Å². The van der Waals surface area contributed by atoms with Crippen molar-refractivity contribution in [1.82, 2.24) is 10.5 Å². The van der Waals surface area contributed by atoms with Crippen LogP contribution in [0.2, 0.25) is 0 Å². The van der Waals surface area contributed by atoms with E-state index in [0.29, 0.717) is 0 Å². The van der Waals surface area contributed by atoms with E-state index >= 15 is 0 Å². The molecule has 1 heterocycles. The van der Waals surface area contributed by atoms with Gasteiger partial charge in [0.1, 0.15) is 0 Å². The summed E-state index contributed by atoms with van der Waals surface area (Å²) < 4.78 is 7.66. The summed E-state index contributed by atoms with van der Waals surface area (Å²) in [6, 6.07) is 19.1. The van der Waals surface area contributed by atoms with Gasteiger partial charge in [-0.05, 0) is 12.5 Å². The zero-order chi connectivity index (χ0) is 18.4. The predicted molar refractivity (Wildman–Crippen MR) is 118 cm³/mol. The average Bonchev–Trinajstić information content (AvgIpc) is 2.85. The van der Waals surface area contributed by atoms with Gasteiger partial charge in [-0.1, -0.05) is 29.8 Å². The number of benzene rings is 2. The van der Waals surface area contributed by atoms with Gasteiger partial charge in [-0.25, -0.2) is 0 Å². The third-order valence-corrected chi connectivity index (χ3v) is 5.94. The molecule has 0 N–H and O–H groups in total. The molecule has 3 aromatic rings. The number of rotatable bonds is 3. The molecule has 0 atom stereocenters. The SMILES string of the molecule is Cc1ccc(CN(I)I)cc1.Cn1cc(-c2ccccc2)n(C)[c]1=[Pt]. The Bertz CT molecular complexity index is 853. The van der Waals surface area contributed by atoms with Crippen LogP contribution in [-0.4, -0.2) is 10.5 Å². The molecule has 0 fully saturated rings. The molecule has 2 aromatic carbocycles. The van der Waals surface area contributed by atoms with Crippen molar-refractivity contribution in [2.75, 3.05) is 0 Å². The van der Waals surface area contributed by atoms with Crippen LogP contribution in [0.15, 0.2) is 60.8 Å². The summed E-state index contributed by atoms with van der Waals surface area (Å²) in [7, 11) is 4.15. The third-order valence-electron chi connectivity index (χ3n) is 3.69. The molecule has 0 amide bonds. The van der Waals surface area contributed by atoms with Gasteiger partial charge < -0.3 is 0 Å². The van der Waals surface area contributed by atoms with Crippen molar-refractivity contribution in [3.05, 3.63) is 75.7 Å². The molecule has 0 spiro atoms. The van der Waals surface area contributed by atoms with Crippen LogP contribution < -0.4 is 0 Å². The molecule has 0 bridgehead atoms. The van der Waals surface area contributed by atoms with E-state index in [1.165, 1.54) is 26.2 Å². The van der Waals surface area contributed by atoms with Crippen molar-refractivity contribution in [3.8, 4) is 11.3 Å². The molecule has 3 rings (SSSR count). The number of nitrogens with zero attached hydrogens (tertiary/aromatic N) is 3. The van der Waals surface area contributed by atoms with Crippen molar-refractivity contribution >= 4 is 45.7 Å². The summed E-state index contributed by atoms with van der Waals surface area (Å²) >= 11 is 6.87.